The fourth-order valence-electron chi connectivity index (χ4n) is 7.53. The van der Waals surface area contributed by atoms with Crippen molar-refractivity contribution >= 4 is 29.5 Å². The Morgan fingerprint density at radius 1 is 1.16 bits per heavy atom. The third-order valence-corrected chi connectivity index (χ3v) is 10.4. The average Bonchev–Trinajstić information content (AvgIpc) is 3.39. The first-order chi connectivity index (χ1) is 17.3. The summed E-state index contributed by atoms with van der Waals surface area (Å²) in [5.74, 6) is -1.48. The summed E-state index contributed by atoms with van der Waals surface area (Å²) in [4.78, 5) is 43.3. The van der Waals surface area contributed by atoms with Crippen LogP contribution in [0.4, 0.5) is 0 Å². The minimum Gasteiger partial charge on any atom is -0.394 e. The molecule has 0 aromatic heterocycles. The molecule has 37 heavy (non-hydrogen) atoms. The Bertz CT molecular complexity index is 1040. The Hall–Kier alpha value is -2.06. The van der Waals surface area contributed by atoms with Gasteiger partial charge in [0.15, 0.2) is 0 Å². The van der Waals surface area contributed by atoms with Crippen LogP contribution in [-0.4, -0.2) is 69.0 Å². The number of fused-ring (bicyclic) bond motifs is 1. The molecule has 3 heterocycles. The van der Waals surface area contributed by atoms with E-state index in [1.165, 1.54) is 0 Å². The maximum Gasteiger partial charge on any atom is 0.244 e. The maximum absolute atomic E-state index is 14.3. The van der Waals surface area contributed by atoms with E-state index in [1.807, 2.05) is 44.2 Å². The quantitative estimate of drug-likeness (QED) is 0.481. The second kappa shape index (κ2) is 9.92. The molecule has 2 bridgehead atoms. The lowest BCUT2D eigenvalue weighted by molar-refractivity contribution is -0.143. The van der Waals surface area contributed by atoms with Crippen molar-refractivity contribution in [1.82, 2.24) is 15.5 Å². The number of hydrogen-bond donors (Lipinski definition) is 3. The number of benzene rings is 1. The number of carbonyl (C=O) groups excluding carboxylic acids is 3. The number of amides is 3. The van der Waals surface area contributed by atoms with Crippen molar-refractivity contribution in [3.05, 3.63) is 35.9 Å². The number of carbonyl (C=O) groups is 3. The van der Waals surface area contributed by atoms with Crippen LogP contribution in [0.25, 0.3) is 0 Å². The highest BCUT2D eigenvalue weighted by atomic mass is 32.2. The molecule has 3 saturated heterocycles. The molecule has 0 radical (unpaired) electrons. The molecule has 204 valence electrons. The van der Waals surface area contributed by atoms with Crippen molar-refractivity contribution in [2.45, 2.75) is 88.4 Å². The monoisotopic (exact) mass is 529 g/mol. The minimum atomic E-state index is -0.759. The number of likely N-dealkylation sites (tertiary alicyclic amines) is 1. The van der Waals surface area contributed by atoms with Crippen LogP contribution in [0.5, 0.6) is 0 Å². The van der Waals surface area contributed by atoms with E-state index in [-0.39, 0.29) is 40.9 Å². The van der Waals surface area contributed by atoms with Crippen LogP contribution in [0.1, 0.15) is 59.9 Å². The van der Waals surface area contributed by atoms with Crippen LogP contribution in [0.15, 0.2) is 30.3 Å². The van der Waals surface area contributed by atoms with E-state index < -0.39 is 34.2 Å². The van der Waals surface area contributed by atoms with Gasteiger partial charge in [0.05, 0.1) is 29.2 Å². The van der Waals surface area contributed by atoms with Crippen molar-refractivity contribution < 1.29 is 19.5 Å². The smallest absolute Gasteiger partial charge is 0.244 e. The molecule has 7 atom stereocenters. The van der Waals surface area contributed by atoms with Gasteiger partial charge in [0.1, 0.15) is 6.04 Å². The first-order valence-electron chi connectivity index (χ1n) is 13.4. The molecule has 0 aliphatic carbocycles. The predicted molar refractivity (Wildman–Crippen MR) is 147 cm³/mol. The third-order valence-electron chi connectivity index (χ3n) is 8.33. The van der Waals surface area contributed by atoms with Gasteiger partial charge in [0.2, 0.25) is 17.7 Å². The Labute approximate surface area is 225 Å². The van der Waals surface area contributed by atoms with Crippen LogP contribution < -0.4 is 10.6 Å². The van der Waals surface area contributed by atoms with Crippen LogP contribution in [0, 0.1) is 23.2 Å². The number of thioether (sulfide) groups is 1. The molecule has 3 N–H and O–H groups in total. The zero-order chi connectivity index (χ0) is 27.3. The first kappa shape index (κ1) is 28.0. The van der Waals surface area contributed by atoms with Gasteiger partial charge in [-0.2, -0.15) is 0 Å². The highest BCUT2D eigenvalue weighted by molar-refractivity contribution is 8.02. The van der Waals surface area contributed by atoms with E-state index >= 15 is 0 Å². The molecule has 1 aromatic carbocycles. The molecule has 3 unspecified atom stereocenters. The summed E-state index contributed by atoms with van der Waals surface area (Å²) in [6, 6.07) is 8.42. The van der Waals surface area contributed by atoms with Crippen molar-refractivity contribution in [2.24, 2.45) is 23.2 Å². The Kier molecular flexibility index (Phi) is 7.49. The van der Waals surface area contributed by atoms with Gasteiger partial charge in [0, 0.05) is 17.8 Å². The van der Waals surface area contributed by atoms with Gasteiger partial charge >= 0.3 is 0 Å². The summed E-state index contributed by atoms with van der Waals surface area (Å²) < 4.78 is -0.703. The molecule has 4 rings (SSSR count). The van der Waals surface area contributed by atoms with E-state index in [9.17, 15) is 19.5 Å². The topological polar surface area (TPSA) is 98.7 Å². The Morgan fingerprint density at radius 2 is 1.81 bits per heavy atom. The first-order valence-corrected chi connectivity index (χ1v) is 14.3. The molecular weight excluding hydrogens is 486 g/mol. The molecule has 3 aliphatic rings. The van der Waals surface area contributed by atoms with Crippen molar-refractivity contribution in [3.8, 4) is 0 Å². The fourth-order valence-corrected chi connectivity index (χ4v) is 9.94. The van der Waals surface area contributed by atoms with E-state index in [1.54, 1.807) is 23.7 Å². The second-order valence-corrected chi connectivity index (χ2v) is 14.6. The third kappa shape index (κ3) is 4.91. The summed E-state index contributed by atoms with van der Waals surface area (Å²) >= 11 is 1.66. The largest absolute Gasteiger partial charge is 0.394 e. The number of aliphatic hydroxyl groups is 1. The molecule has 3 fully saturated rings. The standard InChI is InChI=1S/C29H43N3O4S/c1-17-13-20-21(24(34)30-7)22-26(36)32(19(15-33)14-18-11-9-8-10-12-18)23(29(17,22)37-20)25(35)31-28(5,6)16-27(2,3)4/h8-12,17,19-23,33H,13-16H2,1-7H3,(H,30,34)(H,31,35)/t17?,19-,20-,21+,22+,23?,29?/m1/s1. The molecule has 7 nitrogen and oxygen atoms in total. The predicted octanol–water partition coefficient (Wildman–Crippen LogP) is 3.00. The van der Waals surface area contributed by atoms with Gasteiger partial charge in [-0.1, -0.05) is 58.0 Å². The van der Waals surface area contributed by atoms with Crippen LogP contribution in [0.3, 0.4) is 0 Å². The number of nitrogens with zero attached hydrogens (tertiary/aromatic N) is 1. The highest BCUT2D eigenvalue weighted by Crippen LogP contribution is 2.68. The van der Waals surface area contributed by atoms with Gasteiger partial charge in [-0.15, -0.1) is 11.8 Å². The zero-order valence-electron chi connectivity index (χ0n) is 23.2. The number of rotatable bonds is 8. The normalized spacial score (nSPS) is 31.8. The number of hydrogen-bond acceptors (Lipinski definition) is 5. The van der Waals surface area contributed by atoms with E-state index in [0.717, 1.165) is 18.4 Å². The Balaban J connectivity index is 1.77. The van der Waals surface area contributed by atoms with Crippen molar-refractivity contribution in [2.75, 3.05) is 13.7 Å². The van der Waals surface area contributed by atoms with Crippen LogP contribution >= 0.6 is 11.8 Å². The molecule has 0 saturated carbocycles. The SMILES string of the molecule is CNC(=O)[C@@H]1[C@H]2C(=O)N([C@@H](CO)Cc3ccccc3)C(C(=O)NC(C)(C)CC(C)(C)C)C23S[C@@H]1CC3C. The molecule has 3 aliphatic heterocycles. The molecule has 8 heteroatoms. The summed E-state index contributed by atoms with van der Waals surface area (Å²) in [5, 5.41) is 16.6. The summed E-state index contributed by atoms with van der Waals surface area (Å²) in [7, 11) is 1.61. The zero-order valence-corrected chi connectivity index (χ0v) is 24.0. The van der Waals surface area contributed by atoms with Gasteiger partial charge in [-0.25, -0.2) is 0 Å². The molecule has 1 spiro atoms. The minimum absolute atomic E-state index is 0.00188. The van der Waals surface area contributed by atoms with Crippen LogP contribution in [-0.2, 0) is 20.8 Å². The highest BCUT2D eigenvalue weighted by Gasteiger charge is 2.76. The van der Waals surface area contributed by atoms with E-state index in [0.29, 0.717) is 6.42 Å². The Morgan fingerprint density at radius 3 is 2.38 bits per heavy atom. The fraction of sp³-hybridized carbons (Fsp3) is 0.690. The maximum atomic E-state index is 14.3. The van der Waals surface area contributed by atoms with Crippen molar-refractivity contribution in [3.63, 3.8) is 0 Å². The summed E-state index contributed by atoms with van der Waals surface area (Å²) in [6.07, 6.45) is 1.99. The molecule has 1 aromatic rings. The average molecular weight is 530 g/mol. The molecular formula is C29H43N3O4S. The van der Waals surface area contributed by atoms with E-state index in [4.69, 9.17) is 0 Å². The lowest BCUT2D eigenvalue weighted by Crippen LogP contribution is -2.61. The van der Waals surface area contributed by atoms with Crippen molar-refractivity contribution in [1.29, 1.82) is 0 Å². The van der Waals surface area contributed by atoms with Gasteiger partial charge in [0.25, 0.3) is 0 Å². The van der Waals surface area contributed by atoms with E-state index in [2.05, 4.69) is 38.3 Å². The van der Waals surface area contributed by atoms with Crippen LogP contribution in [0.2, 0.25) is 0 Å². The lowest BCUT2D eigenvalue weighted by Gasteiger charge is -2.42. The summed E-state index contributed by atoms with van der Waals surface area (Å²) in [5.41, 5.74) is 0.503. The number of nitrogens with one attached hydrogen (secondary N) is 2. The summed E-state index contributed by atoms with van der Waals surface area (Å²) in [6.45, 7) is 12.3. The van der Waals surface area contributed by atoms with Gasteiger partial charge in [-0.3, -0.25) is 14.4 Å². The molecule has 3 amide bonds. The second-order valence-electron chi connectivity index (χ2n) is 13.0. The number of aliphatic hydroxyl groups excluding tert-OH is 1. The van der Waals surface area contributed by atoms with Gasteiger partial charge in [-0.05, 0) is 50.0 Å². The lowest BCUT2D eigenvalue weighted by atomic mass is 9.65. The van der Waals surface area contributed by atoms with Gasteiger partial charge < -0.3 is 20.6 Å².